The smallest absolute Gasteiger partial charge is 0.322 e. The van der Waals surface area contributed by atoms with Gasteiger partial charge < -0.3 is 4.42 Å². The maximum atomic E-state index is 12.9. The summed E-state index contributed by atoms with van der Waals surface area (Å²) in [5.74, 6) is -0.236. The van der Waals surface area contributed by atoms with Gasteiger partial charge in [0, 0.05) is 37.1 Å². The van der Waals surface area contributed by atoms with Gasteiger partial charge in [-0.2, -0.15) is 14.8 Å². The van der Waals surface area contributed by atoms with Crippen LogP contribution >= 0.6 is 0 Å². The molecule has 0 spiro atoms. The number of aryl methyl sites for hydroxylation is 2. The zero-order valence-electron chi connectivity index (χ0n) is 19.5. The van der Waals surface area contributed by atoms with Crippen LogP contribution in [-0.2, 0) is 22.9 Å². The summed E-state index contributed by atoms with van der Waals surface area (Å²) in [6.07, 6.45) is 4.43. The summed E-state index contributed by atoms with van der Waals surface area (Å²) in [6, 6.07) is 15.2. The van der Waals surface area contributed by atoms with Crippen LogP contribution in [0.15, 0.2) is 51.8 Å². The number of carbonyl (C=O) groups is 1. The Hall–Kier alpha value is -4.06. The molecule has 1 aliphatic carbocycles. The average molecular weight is 505 g/mol. The van der Waals surface area contributed by atoms with Crippen molar-refractivity contribution in [3.05, 3.63) is 59.2 Å². The first-order valence-electron chi connectivity index (χ1n) is 11.5. The van der Waals surface area contributed by atoms with Crippen molar-refractivity contribution in [3.63, 3.8) is 0 Å². The van der Waals surface area contributed by atoms with E-state index in [1.54, 1.807) is 0 Å². The highest BCUT2D eigenvalue weighted by molar-refractivity contribution is 7.89. The van der Waals surface area contributed by atoms with Crippen molar-refractivity contribution in [3.8, 4) is 23.6 Å². The Bertz CT molecular complexity index is 1420. The predicted octanol–water partition coefficient (Wildman–Crippen LogP) is 3.69. The summed E-state index contributed by atoms with van der Waals surface area (Å²) in [7, 11) is -3.92. The van der Waals surface area contributed by atoms with Crippen molar-refractivity contribution in [2.45, 2.75) is 43.4 Å². The van der Waals surface area contributed by atoms with Gasteiger partial charge in [-0.15, -0.1) is 5.10 Å². The molecule has 0 saturated carbocycles. The van der Waals surface area contributed by atoms with Gasteiger partial charge in [0.05, 0.1) is 17.0 Å². The first-order chi connectivity index (χ1) is 17.4. The van der Waals surface area contributed by atoms with Gasteiger partial charge in [0.25, 0.3) is 5.91 Å². The SMILES string of the molecule is N#CCCN(CCC#N)S(=O)(=O)c1ccc(C(=O)Nc2nnc(-c3ccc4c(c3)CCCC4)o2)cc1. The van der Waals surface area contributed by atoms with E-state index >= 15 is 0 Å². The molecule has 1 heterocycles. The Balaban J connectivity index is 1.45. The normalized spacial score (nSPS) is 13.0. The standard InChI is InChI=1S/C25H24N6O4S/c26-13-3-15-31(16-4-14-27)36(33,34)22-11-9-19(10-12-22)23(32)28-25-30-29-24(35-25)21-8-7-18-5-1-2-6-20(18)17-21/h7-12,17H,1-6,15-16H2,(H,28,30,32). The van der Waals surface area contributed by atoms with Crippen molar-refractivity contribution < 1.29 is 17.6 Å². The Labute approximate surface area is 209 Å². The quantitative estimate of drug-likeness (QED) is 0.463. The van der Waals surface area contributed by atoms with Crippen molar-refractivity contribution in [2.24, 2.45) is 0 Å². The summed E-state index contributed by atoms with van der Waals surface area (Å²) in [5, 5.41) is 28.1. The number of rotatable bonds is 9. The third-order valence-corrected chi connectivity index (χ3v) is 7.85. The van der Waals surface area contributed by atoms with Crippen molar-refractivity contribution in [1.29, 1.82) is 10.5 Å². The number of sulfonamides is 1. The van der Waals surface area contributed by atoms with Crippen LogP contribution in [0.1, 0.15) is 47.2 Å². The number of hydrogen-bond donors (Lipinski definition) is 1. The van der Waals surface area contributed by atoms with Gasteiger partial charge in [-0.05, 0) is 73.2 Å². The van der Waals surface area contributed by atoms with Gasteiger partial charge >= 0.3 is 6.01 Å². The Morgan fingerprint density at radius 2 is 1.64 bits per heavy atom. The largest absolute Gasteiger partial charge is 0.403 e. The number of amides is 1. The minimum atomic E-state index is -3.92. The summed E-state index contributed by atoms with van der Waals surface area (Å²) in [5.41, 5.74) is 3.59. The highest BCUT2D eigenvalue weighted by Crippen LogP contribution is 2.27. The molecule has 0 radical (unpaired) electrons. The maximum Gasteiger partial charge on any atom is 0.322 e. The fraction of sp³-hybridized carbons (Fsp3) is 0.320. The predicted molar refractivity (Wildman–Crippen MR) is 130 cm³/mol. The van der Waals surface area contributed by atoms with Crippen LogP contribution in [0.5, 0.6) is 0 Å². The first-order valence-corrected chi connectivity index (χ1v) is 13.0. The molecule has 1 N–H and O–H groups in total. The zero-order chi connectivity index (χ0) is 25.5. The molecule has 0 bridgehead atoms. The summed E-state index contributed by atoms with van der Waals surface area (Å²) < 4.78 is 32.6. The number of carbonyl (C=O) groups excluding carboxylic acids is 1. The van der Waals surface area contributed by atoms with Crippen LogP contribution in [0.4, 0.5) is 6.01 Å². The van der Waals surface area contributed by atoms with E-state index < -0.39 is 15.9 Å². The highest BCUT2D eigenvalue weighted by Gasteiger charge is 2.24. The van der Waals surface area contributed by atoms with Gasteiger partial charge in [0.15, 0.2) is 0 Å². The van der Waals surface area contributed by atoms with Crippen LogP contribution in [0.3, 0.4) is 0 Å². The third kappa shape index (κ3) is 5.60. The molecule has 3 aromatic rings. The van der Waals surface area contributed by atoms with Crippen molar-refractivity contribution in [1.82, 2.24) is 14.5 Å². The molecule has 0 saturated heterocycles. The summed E-state index contributed by atoms with van der Waals surface area (Å²) >= 11 is 0. The van der Waals surface area contributed by atoms with E-state index in [1.807, 2.05) is 24.3 Å². The summed E-state index contributed by atoms with van der Waals surface area (Å²) in [6.45, 7) is -0.0427. The van der Waals surface area contributed by atoms with E-state index in [0.29, 0.717) is 5.89 Å². The molecule has 1 amide bonds. The lowest BCUT2D eigenvalue weighted by Gasteiger charge is -2.20. The second kappa shape index (κ2) is 11.1. The lowest BCUT2D eigenvalue weighted by molar-refractivity contribution is 0.102. The second-order valence-electron chi connectivity index (χ2n) is 8.30. The molecule has 184 valence electrons. The lowest BCUT2D eigenvalue weighted by Crippen LogP contribution is -2.32. The van der Waals surface area contributed by atoms with Crippen LogP contribution in [-0.4, -0.2) is 41.9 Å². The van der Waals surface area contributed by atoms with E-state index in [9.17, 15) is 13.2 Å². The second-order valence-corrected chi connectivity index (χ2v) is 10.2. The van der Waals surface area contributed by atoms with Crippen molar-refractivity contribution >= 4 is 21.9 Å². The molecule has 0 unspecified atom stereocenters. The van der Waals surface area contributed by atoms with Crippen LogP contribution in [0.2, 0.25) is 0 Å². The topological polar surface area (TPSA) is 153 Å². The number of nitrogens with one attached hydrogen (secondary N) is 1. The molecule has 0 fully saturated rings. The van der Waals surface area contributed by atoms with Gasteiger partial charge in [-0.3, -0.25) is 10.1 Å². The average Bonchev–Trinajstić information content (AvgIpc) is 3.37. The Morgan fingerprint density at radius 1 is 0.972 bits per heavy atom. The molecular formula is C25H24N6O4S. The molecule has 36 heavy (non-hydrogen) atoms. The fourth-order valence-corrected chi connectivity index (χ4v) is 5.50. The molecule has 1 aromatic heterocycles. The molecule has 10 nitrogen and oxygen atoms in total. The number of benzene rings is 2. The number of aromatic nitrogens is 2. The fourth-order valence-electron chi connectivity index (χ4n) is 4.06. The number of nitriles is 2. The van der Waals surface area contributed by atoms with Crippen LogP contribution < -0.4 is 5.32 Å². The third-order valence-electron chi connectivity index (χ3n) is 5.94. The summed E-state index contributed by atoms with van der Waals surface area (Å²) in [4.78, 5) is 12.6. The highest BCUT2D eigenvalue weighted by atomic mass is 32.2. The van der Waals surface area contributed by atoms with Crippen LogP contribution in [0.25, 0.3) is 11.5 Å². The molecule has 0 aliphatic heterocycles. The molecule has 2 aromatic carbocycles. The molecule has 4 rings (SSSR count). The van der Waals surface area contributed by atoms with Gasteiger partial charge in [0.2, 0.25) is 15.9 Å². The Kier molecular flexibility index (Phi) is 7.74. The number of anilines is 1. The Morgan fingerprint density at radius 3 is 2.31 bits per heavy atom. The monoisotopic (exact) mass is 504 g/mol. The maximum absolute atomic E-state index is 12.9. The van der Waals surface area contributed by atoms with Crippen LogP contribution in [0, 0.1) is 22.7 Å². The van der Waals surface area contributed by atoms with E-state index in [4.69, 9.17) is 14.9 Å². The number of fused-ring (bicyclic) bond motifs is 1. The molecule has 1 aliphatic rings. The van der Waals surface area contributed by atoms with E-state index in [2.05, 4.69) is 21.6 Å². The molecule has 0 atom stereocenters. The minimum Gasteiger partial charge on any atom is -0.403 e. The van der Waals surface area contributed by atoms with E-state index in [0.717, 1.165) is 29.1 Å². The van der Waals surface area contributed by atoms with Gasteiger partial charge in [-0.1, -0.05) is 11.2 Å². The number of nitrogens with zero attached hydrogens (tertiary/aromatic N) is 5. The molecular weight excluding hydrogens is 480 g/mol. The van der Waals surface area contributed by atoms with E-state index in [-0.39, 0.29) is 42.4 Å². The molecule has 11 heteroatoms. The van der Waals surface area contributed by atoms with E-state index in [1.165, 1.54) is 41.8 Å². The van der Waals surface area contributed by atoms with Gasteiger partial charge in [-0.25, -0.2) is 8.42 Å². The lowest BCUT2D eigenvalue weighted by atomic mass is 9.90. The zero-order valence-corrected chi connectivity index (χ0v) is 20.3. The first kappa shape index (κ1) is 25.0. The van der Waals surface area contributed by atoms with Gasteiger partial charge in [0.1, 0.15) is 0 Å². The minimum absolute atomic E-state index is 0.00275. The number of hydrogen-bond acceptors (Lipinski definition) is 8. The van der Waals surface area contributed by atoms with Crippen molar-refractivity contribution in [2.75, 3.05) is 18.4 Å².